The average Bonchev–Trinajstić information content (AvgIpc) is 3.00. The van der Waals surface area contributed by atoms with Gasteiger partial charge in [0, 0.05) is 23.6 Å². The second-order valence-corrected chi connectivity index (χ2v) is 4.78. The number of isothiocyanates is 1. The third kappa shape index (κ3) is 3.09. The summed E-state index contributed by atoms with van der Waals surface area (Å²) in [4.78, 5) is 12.2. The molecule has 3 rings (SSSR count). The molecule has 0 aliphatic rings. The Kier molecular flexibility index (Phi) is 4.05. The number of aliphatic imine (C=N–C) groups is 1. The Labute approximate surface area is 132 Å². The van der Waals surface area contributed by atoms with Crippen molar-refractivity contribution >= 4 is 34.8 Å². The van der Waals surface area contributed by atoms with E-state index >= 15 is 0 Å². The molecule has 0 atom stereocenters. The fourth-order valence-corrected chi connectivity index (χ4v) is 2.07. The quantitative estimate of drug-likeness (QED) is 0.567. The van der Waals surface area contributed by atoms with E-state index in [1.165, 1.54) is 0 Å². The summed E-state index contributed by atoms with van der Waals surface area (Å²) in [5.41, 5.74) is 3.55. The number of hydrogen-bond acceptors (Lipinski definition) is 6. The summed E-state index contributed by atoms with van der Waals surface area (Å²) in [6.45, 7) is 1.99. The second-order valence-electron chi connectivity index (χ2n) is 4.59. The van der Waals surface area contributed by atoms with Crippen LogP contribution >= 0.6 is 12.2 Å². The van der Waals surface area contributed by atoms with Crippen molar-refractivity contribution in [2.24, 2.45) is 4.99 Å². The van der Waals surface area contributed by atoms with Crippen LogP contribution in [0.5, 0.6) is 0 Å². The second kappa shape index (κ2) is 6.30. The monoisotopic (exact) mass is 308 g/mol. The number of nitrogens with zero attached hydrogens (tertiary/aromatic N) is 3. The van der Waals surface area contributed by atoms with Crippen molar-refractivity contribution < 1.29 is 4.42 Å². The van der Waals surface area contributed by atoms with E-state index in [4.69, 9.17) is 4.42 Å². The number of oxazole rings is 1. The third-order valence-electron chi connectivity index (χ3n) is 3.11. The summed E-state index contributed by atoms with van der Waals surface area (Å²) in [7, 11) is 0. The zero-order valence-corrected chi connectivity index (χ0v) is 12.6. The molecule has 2 heterocycles. The van der Waals surface area contributed by atoms with Crippen LogP contribution in [0, 0.1) is 6.92 Å². The first-order chi connectivity index (χ1) is 10.8. The molecule has 108 valence electrons. The van der Waals surface area contributed by atoms with Crippen LogP contribution < -0.4 is 5.32 Å². The van der Waals surface area contributed by atoms with Crippen molar-refractivity contribution in [2.45, 2.75) is 6.92 Å². The molecule has 6 heteroatoms. The highest BCUT2D eigenvalue weighted by molar-refractivity contribution is 7.78. The Morgan fingerprint density at radius 3 is 2.82 bits per heavy atom. The Morgan fingerprint density at radius 1 is 1.23 bits per heavy atom. The number of rotatable bonds is 4. The molecule has 2 aromatic heterocycles. The highest BCUT2D eigenvalue weighted by Crippen LogP contribution is 2.27. The number of aromatic nitrogens is 2. The summed E-state index contributed by atoms with van der Waals surface area (Å²) in [5.74, 6) is 0.677. The van der Waals surface area contributed by atoms with Crippen molar-refractivity contribution in [1.29, 1.82) is 0 Å². The molecule has 0 radical (unpaired) electrons. The van der Waals surface area contributed by atoms with Gasteiger partial charge in [0.15, 0.2) is 5.76 Å². The van der Waals surface area contributed by atoms with Gasteiger partial charge in [-0.15, -0.1) is 0 Å². The van der Waals surface area contributed by atoms with E-state index in [0.717, 1.165) is 22.5 Å². The van der Waals surface area contributed by atoms with Crippen molar-refractivity contribution in [2.75, 3.05) is 5.32 Å². The normalized spacial score (nSPS) is 10.0. The predicted molar refractivity (Wildman–Crippen MR) is 88.9 cm³/mol. The molecule has 0 saturated heterocycles. The van der Waals surface area contributed by atoms with E-state index in [1.807, 2.05) is 37.3 Å². The fourth-order valence-electron chi connectivity index (χ4n) is 1.96. The number of aryl methyl sites for hydroxylation is 1. The number of thiocarbonyl (C=S) groups is 1. The lowest BCUT2D eigenvalue weighted by Crippen LogP contribution is -1.92. The van der Waals surface area contributed by atoms with Gasteiger partial charge in [0.1, 0.15) is 0 Å². The van der Waals surface area contributed by atoms with Gasteiger partial charge >= 0.3 is 0 Å². The predicted octanol–water partition coefficient (Wildman–Crippen LogP) is 4.52. The van der Waals surface area contributed by atoms with Crippen molar-refractivity contribution in [3.05, 3.63) is 54.5 Å². The summed E-state index contributed by atoms with van der Waals surface area (Å²) in [5, 5.41) is 5.50. The van der Waals surface area contributed by atoms with E-state index in [9.17, 15) is 0 Å². The molecule has 0 amide bonds. The molecular weight excluding hydrogens is 296 g/mol. The highest BCUT2D eigenvalue weighted by Gasteiger charge is 2.08. The molecule has 22 heavy (non-hydrogen) atoms. The Balaban J connectivity index is 1.87. The zero-order valence-electron chi connectivity index (χ0n) is 11.8. The Hall–Kier alpha value is -2.82. The molecule has 3 aromatic rings. The van der Waals surface area contributed by atoms with E-state index in [-0.39, 0.29) is 0 Å². The van der Waals surface area contributed by atoms with Crippen LogP contribution in [-0.4, -0.2) is 15.1 Å². The van der Waals surface area contributed by atoms with E-state index < -0.39 is 0 Å². The van der Waals surface area contributed by atoms with Gasteiger partial charge in [0.2, 0.25) is 0 Å². The van der Waals surface area contributed by atoms with Gasteiger partial charge in [-0.1, -0.05) is 6.07 Å². The summed E-state index contributed by atoms with van der Waals surface area (Å²) in [6, 6.07) is 9.83. The topological polar surface area (TPSA) is 63.3 Å². The minimum Gasteiger partial charge on any atom is -0.423 e. The zero-order chi connectivity index (χ0) is 15.4. The average molecular weight is 308 g/mol. The van der Waals surface area contributed by atoms with Crippen LogP contribution in [0.1, 0.15) is 5.56 Å². The third-order valence-corrected chi connectivity index (χ3v) is 3.20. The molecule has 0 fully saturated rings. The van der Waals surface area contributed by atoms with Gasteiger partial charge in [-0.3, -0.25) is 4.98 Å². The smallest absolute Gasteiger partial charge is 0.299 e. The molecule has 0 bridgehead atoms. The summed E-state index contributed by atoms with van der Waals surface area (Å²) >= 11 is 4.62. The maximum atomic E-state index is 5.71. The van der Waals surface area contributed by atoms with Crippen LogP contribution in [0.25, 0.3) is 11.3 Å². The number of hydrogen-bond donors (Lipinski definition) is 1. The van der Waals surface area contributed by atoms with Crippen LogP contribution in [-0.2, 0) is 0 Å². The SMILES string of the molecule is Cc1ccc(N=C=S)cc1Nc1ncc(-c2ccncc2)o1. The molecular formula is C16H12N4OS. The van der Waals surface area contributed by atoms with E-state index in [2.05, 4.69) is 37.7 Å². The standard InChI is InChI=1S/C16H12N4OS/c1-11-2-3-13(19-10-22)8-14(11)20-16-18-9-15(21-16)12-4-6-17-7-5-12/h2-9H,1H3,(H,18,20). The van der Waals surface area contributed by atoms with Gasteiger partial charge in [0.05, 0.1) is 17.0 Å². The van der Waals surface area contributed by atoms with Gasteiger partial charge in [-0.25, -0.2) is 4.98 Å². The fraction of sp³-hybridized carbons (Fsp3) is 0.0625. The number of anilines is 2. The minimum atomic E-state index is 0.415. The molecule has 1 N–H and O–H groups in total. The lowest BCUT2D eigenvalue weighted by atomic mass is 10.2. The van der Waals surface area contributed by atoms with Gasteiger partial charge in [-0.05, 0) is 49.0 Å². The first-order valence-electron chi connectivity index (χ1n) is 6.58. The maximum Gasteiger partial charge on any atom is 0.299 e. The number of benzene rings is 1. The minimum absolute atomic E-state index is 0.415. The molecule has 0 aliphatic carbocycles. The first kappa shape index (κ1) is 14.1. The molecule has 5 nitrogen and oxygen atoms in total. The first-order valence-corrected chi connectivity index (χ1v) is 6.99. The van der Waals surface area contributed by atoms with E-state index in [0.29, 0.717) is 11.8 Å². The molecule has 1 aromatic carbocycles. The van der Waals surface area contributed by atoms with Crippen molar-refractivity contribution in [1.82, 2.24) is 9.97 Å². The summed E-state index contributed by atoms with van der Waals surface area (Å²) in [6.07, 6.45) is 5.09. The van der Waals surface area contributed by atoms with Crippen LogP contribution in [0.15, 0.2) is 58.3 Å². The number of pyridine rings is 1. The molecule has 0 saturated carbocycles. The van der Waals surface area contributed by atoms with Crippen LogP contribution in [0.2, 0.25) is 0 Å². The molecule has 0 unspecified atom stereocenters. The molecule has 0 aliphatic heterocycles. The lowest BCUT2D eigenvalue weighted by molar-refractivity contribution is 0.592. The van der Waals surface area contributed by atoms with E-state index in [1.54, 1.807) is 18.6 Å². The lowest BCUT2D eigenvalue weighted by Gasteiger charge is -2.06. The summed E-state index contributed by atoms with van der Waals surface area (Å²) < 4.78 is 5.71. The highest BCUT2D eigenvalue weighted by atomic mass is 32.1. The van der Waals surface area contributed by atoms with Gasteiger partial charge < -0.3 is 9.73 Å². The van der Waals surface area contributed by atoms with Crippen LogP contribution in [0.3, 0.4) is 0 Å². The van der Waals surface area contributed by atoms with Crippen molar-refractivity contribution in [3.8, 4) is 11.3 Å². The Bertz CT molecular complexity index is 838. The van der Waals surface area contributed by atoms with Crippen LogP contribution in [0.4, 0.5) is 17.4 Å². The van der Waals surface area contributed by atoms with Crippen molar-refractivity contribution in [3.63, 3.8) is 0 Å². The van der Waals surface area contributed by atoms with Gasteiger partial charge in [0.25, 0.3) is 6.01 Å². The Morgan fingerprint density at radius 2 is 2.05 bits per heavy atom. The number of nitrogens with one attached hydrogen (secondary N) is 1. The maximum absolute atomic E-state index is 5.71. The largest absolute Gasteiger partial charge is 0.423 e. The van der Waals surface area contributed by atoms with Gasteiger partial charge in [-0.2, -0.15) is 4.99 Å². The molecule has 0 spiro atoms.